The van der Waals surface area contributed by atoms with Crippen molar-refractivity contribution in [2.75, 3.05) is 13.1 Å². The second-order valence-electron chi connectivity index (χ2n) is 6.44. The van der Waals surface area contributed by atoms with Crippen LogP contribution in [-0.4, -0.2) is 52.8 Å². The first-order chi connectivity index (χ1) is 12.9. The number of benzene rings is 1. The first kappa shape index (κ1) is 18.6. The van der Waals surface area contributed by atoms with E-state index < -0.39 is 30.1 Å². The Bertz CT molecular complexity index is 819. The molecule has 2 atom stereocenters. The lowest BCUT2D eigenvalue weighted by molar-refractivity contribution is -0.158. The van der Waals surface area contributed by atoms with Gasteiger partial charge in [-0.3, -0.25) is 19.3 Å². The van der Waals surface area contributed by atoms with Crippen molar-refractivity contribution in [2.24, 2.45) is 0 Å². The molecule has 8 nitrogen and oxygen atoms in total. The van der Waals surface area contributed by atoms with Crippen LogP contribution in [0.3, 0.4) is 0 Å². The van der Waals surface area contributed by atoms with Crippen molar-refractivity contribution in [1.29, 1.82) is 0 Å². The number of rotatable bonds is 4. The number of carbonyl (C=O) groups excluding carboxylic acids is 4. The Morgan fingerprint density at radius 2 is 2.04 bits per heavy atom. The molecule has 1 aromatic rings. The van der Waals surface area contributed by atoms with E-state index in [2.05, 4.69) is 5.32 Å². The molecule has 0 bridgehead atoms. The van der Waals surface area contributed by atoms with E-state index in [0.29, 0.717) is 6.54 Å². The predicted octanol–water partition coefficient (Wildman–Crippen LogP) is 1.43. The third-order valence-corrected chi connectivity index (χ3v) is 4.61. The van der Waals surface area contributed by atoms with Gasteiger partial charge in [0, 0.05) is 26.2 Å². The third-order valence-electron chi connectivity index (χ3n) is 4.61. The van der Waals surface area contributed by atoms with Crippen molar-refractivity contribution in [3.63, 3.8) is 0 Å². The molecular formula is C19H21N3O5. The zero-order chi connectivity index (χ0) is 19.6. The van der Waals surface area contributed by atoms with Crippen molar-refractivity contribution in [2.45, 2.75) is 32.4 Å². The van der Waals surface area contributed by atoms with Gasteiger partial charge in [-0.15, -0.1) is 0 Å². The molecule has 2 aliphatic heterocycles. The van der Waals surface area contributed by atoms with Crippen LogP contribution < -0.4 is 5.32 Å². The topological polar surface area (TPSA) is 96.0 Å². The summed E-state index contributed by atoms with van der Waals surface area (Å²) in [5, 5.41) is 2.53. The summed E-state index contributed by atoms with van der Waals surface area (Å²) in [4.78, 5) is 50.8. The number of hydrogen-bond acceptors (Lipinski definition) is 5. The third kappa shape index (κ3) is 3.84. The Kier molecular flexibility index (Phi) is 5.25. The van der Waals surface area contributed by atoms with Gasteiger partial charge < -0.3 is 15.0 Å². The second-order valence-corrected chi connectivity index (χ2v) is 6.44. The Balaban J connectivity index is 1.70. The van der Waals surface area contributed by atoms with Gasteiger partial charge in [0.25, 0.3) is 5.91 Å². The summed E-state index contributed by atoms with van der Waals surface area (Å²) in [7, 11) is 0. The summed E-state index contributed by atoms with van der Waals surface area (Å²) in [6.45, 7) is 3.49. The summed E-state index contributed by atoms with van der Waals surface area (Å²) in [6, 6.07) is 6.48. The minimum absolute atomic E-state index is 0.0925. The number of urea groups is 1. The molecule has 27 heavy (non-hydrogen) atoms. The molecule has 0 spiro atoms. The zero-order valence-corrected chi connectivity index (χ0v) is 15.2. The Morgan fingerprint density at radius 1 is 1.30 bits per heavy atom. The summed E-state index contributed by atoms with van der Waals surface area (Å²) in [6.07, 6.45) is 2.29. The molecule has 1 fully saturated rings. The molecule has 0 radical (unpaired) electrons. The van der Waals surface area contributed by atoms with Crippen molar-refractivity contribution in [3.8, 4) is 0 Å². The molecule has 0 aromatic heterocycles. The number of esters is 1. The lowest BCUT2D eigenvalue weighted by Crippen LogP contribution is -2.42. The van der Waals surface area contributed by atoms with E-state index in [4.69, 9.17) is 4.74 Å². The summed E-state index contributed by atoms with van der Waals surface area (Å²) >= 11 is 0. The van der Waals surface area contributed by atoms with Gasteiger partial charge in [-0.2, -0.15) is 0 Å². The van der Waals surface area contributed by atoms with Gasteiger partial charge >= 0.3 is 12.0 Å². The fourth-order valence-corrected chi connectivity index (χ4v) is 3.27. The molecule has 3 rings (SSSR count). The molecule has 4 amide bonds. The van der Waals surface area contributed by atoms with Crippen LogP contribution in [0.15, 0.2) is 30.5 Å². The van der Waals surface area contributed by atoms with E-state index in [1.54, 1.807) is 6.20 Å². The molecule has 142 valence electrons. The van der Waals surface area contributed by atoms with Crippen LogP contribution in [0.2, 0.25) is 0 Å². The normalized spacial score (nSPS) is 19.3. The molecule has 0 unspecified atom stereocenters. The van der Waals surface area contributed by atoms with Crippen LogP contribution in [0.5, 0.6) is 0 Å². The first-order valence-corrected chi connectivity index (χ1v) is 8.73. The van der Waals surface area contributed by atoms with Crippen LogP contribution in [0.25, 0.3) is 6.08 Å². The Labute approximate surface area is 156 Å². The maximum atomic E-state index is 12.4. The van der Waals surface area contributed by atoms with E-state index in [1.165, 1.54) is 18.7 Å². The number of nitrogens with zero attached hydrogens (tertiary/aromatic N) is 2. The summed E-state index contributed by atoms with van der Waals surface area (Å²) < 4.78 is 5.25. The smallest absolute Gasteiger partial charge is 0.324 e. The van der Waals surface area contributed by atoms with Gasteiger partial charge in [-0.1, -0.05) is 24.3 Å². The molecular weight excluding hydrogens is 350 g/mol. The van der Waals surface area contributed by atoms with Gasteiger partial charge in [0.15, 0.2) is 6.10 Å². The molecule has 0 saturated carbocycles. The van der Waals surface area contributed by atoms with Gasteiger partial charge in [0.1, 0.15) is 0 Å². The fourth-order valence-electron chi connectivity index (χ4n) is 3.27. The minimum atomic E-state index is -1.08. The molecule has 2 heterocycles. The van der Waals surface area contributed by atoms with Gasteiger partial charge in [0.2, 0.25) is 5.91 Å². The van der Waals surface area contributed by atoms with Crippen molar-refractivity contribution in [1.82, 2.24) is 15.1 Å². The van der Waals surface area contributed by atoms with Crippen molar-refractivity contribution >= 4 is 29.9 Å². The number of ether oxygens (including phenoxy) is 1. The molecule has 1 aromatic carbocycles. The van der Waals surface area contributed by atoms with Crippen molar-refractivity contribution < 1.29 is 23.9 Å². The average Bonchev–Trinajstić information content (AvgIpc) is 3.06. The summed E-state index contributed by atoms with van der Waals surface area (Å²) in [5.74, 6) is -1.38. The largest absolute Gasteiger partial charge is 0.452 e. The van der Waals surface area contributed by atoms with Crippen LogP contribution >= 0.6 is 0 Å². The Morgan fingerprint density at radius 3 is 2.70 bits per heavy atom. The van der Waals surface area contributed by atoms with E-state index in [1.807, 2.05) is 30.3 Å². The van der Waals surface area contributed by atoms with Gasteiger partial charge in [-0.05, 0) is 24.1 Å². The van der Waals surface area contributed by atoms with E-state index in [0.717, 1.165) is 16.0 Å². The molecule has 1 saturated heterocycles. The Hall–Kier alpha value is -3.16. The molecule has 2 aliphatic rings. The minimum Gasteiger partial charge on any atom is -0.452 e. The molecule has 0 aliphatic carbocycles. The van der Waals surface area contributed by atoms with Crippen LogP contribution in [-0.2, 0) is 19.1 Å². The number of carbonyl (C=O) groups is 4. The van der Waals surface area contributed by atoms with Crippen LogP contribution in [0.1, 0.15) is 37.4 Å². The highest BCUT2D eigenvalue weighted by Crippen LogP contribution is 2.33. The highest BCUT2D eigenvalue weighted by Gasteiger charge is 2.33. The van der Waals surface area contributed by atoms with Crippen LogP contribution in [0.4, 0.5) is 4.79 Å². The number of imide groups is 1. The fraction of sp³-hybridized carbons (Fsp3) is 0.368. The summed E-state index contributed by atoms with van der Waals surface area (Å²) in [5.41, 5.74) is 1.76. The predicted molar refractivity (Wildman–Crippen MR) is 96.0 cm³/mol. The monoisotopic (exact) mass is 371 g/mol. The number of amides is 4. The van der Waals surface area contributed by atoms with E-state index in [9.17, 15) is 19.2 Å². The highest BCUT2D eigenvalue weighted by molar-refractivity contribution is 5.98. The number of hydrogen-bond donors (Lipinski definition) is 1. The van der Waals surface area contributed by atoms with Gasteiger partial charge in [0.05, 0.1) is 12.5 Å². The zero-order valence-electron chi connectivity index (χ0n) is 15.2. The average molecular weight is 371 g/mol. The molecule has 1 N–H and O–H groups in total. The quantitative estimate of drug-likeness (QED) is 0.808. The number of nitrogens with one attached hydrogen (secondary N) is 1. The maximum absolute atomic E-state index is 12.4. The van der Waals surface area contributed by atoms with Crippen LogP contribution in [0, 0.1) is 0 Å². The van der Waals surface area contributed by atoms with E-state index in [-0.39, 0.29) is 18.9 Å². The maximum Gasteiger partial charge on any atom is 0.324 e. The standard InChI is InChI=1S/C19H21N3O5/c1-12(18(25)22-10-8-20-19(22)26)27-17(24)11-16-15-6-4-3-5-14(15)7-9-21(16)13(2)23/h3-7,9,12,16H,8,10-11H2,1-2H3,(H,20,26)/t12-,16+/m1/s1. The number of fused-ring (bicyclic) bond motifs is 1. The first-order valence-electron chi connectivity index (χ1n) is 8.73. The SMILES string of the molecule is CC(=O)N1C=Cc2ccccc2[C@@H]1CC(=O)O[C@H](C)C(=O)N1CCNC1=O. The molecule has 8 heteroatoms. The van der Waals surface area contributed by atoms with Gasteiger partial charge in [-0.25, -0.2) is 4.79 Å². The second kappa shape index (κ2) is 7.61. The lowest BCUT2D eigenvalue weighted by atomic mass is 9.94. The lowest BCUT2D eigenvalue weighted by Gasteiger charge is -2.32. The van der Waals surface area contributed by atoms with E-state index >= 15 is 0 Å². The van der Waals surface area contributed by atoms with Crippen molar-refractivity contribution in [3.05, 3.63) is 41.6 Å². The highest BCUT2D eigenvalue weighted by atomic mass is 16.5.